The summed E-state index contributed by atoms with van der Waals surface area (Å²) in [7, 11) is 0. The van der Waals surface area contributed by atoms with Gasteiger partial charge in [-0.25, -0.2) is 0 Å². The average molecular weight is 181 g/mol. The number of carbonyl (C=O) groups excluding carboxylic acids is 1. The first-order chi connectivity index (χ1) is 6.04. The molecule has 0 bridgehead atoms. The quantitative estimate of drug-likeness (QED) is 0.707. The van der Waals surface area contributed by atoms with E-state index in [1.54, 1.807) is 23.9 Å². The second-order valence-electron chi connectivity index (χ2n) is 3.41. The van der Waals surface area contributed by atoms with Crippen molar-refractivity contribution < 1.29 is 4.79 Å². The summed E-state index contributed by atoms with van der Waals surface area (Å²) in [5.41, 5.74) is 6.09. The van der Waals surface area contributed by atoms with Crippen molar-refractivity contribution in [2.75, 3.05) is 0 Å². The standard InChI is InChI=1S/C9H15N3O/c1-6(2)12-8(4-5-11-12)9(13)7(3)10/h4-7H,10H2,1-3H3. The molecule has 0 amide bonds. The Bertz CT molecular complexity index is 302. The highest BCUT2D eigenvalue weighted by Crippen LogP contribution is 2.09. The zero-order valence-corrected chi connectivity index (χ0v) is 8.19. The molecule has 0 aliphatic heterocycles. The van der Waals surface area contributed by atoms with Gasteiger partial charge < -0.3 is 5.73 Å². The summed E-state index contributed by atoms with van der Waals surface area (Å²) in [5, 5.41) is 4.06. The lowest BCUT2D eigenvalue weighted by molar-refractivity contribution is 0.0955. The molecule has 0 saturated heterocycles. The topological polar surface area (TPSA) is 60.9 Å². The van der Waals surface area contributed by atoms with Crippen LogP contribution in [-0.4, -0.2) is 21.6 Å². The monoisotopic (exact) mass is 181 g/mol. The highest BCUT2D eigenvalue weighted by Gasteiger charge is 2.16. The molecule has 1 rings (SSSR count). The Morgan fingerprint density at radius 2 is 2.15 bits per heavy atom. The van der Waals surface area contributed by atoms with E-state index in [0.717, 1.165) is 0 Å². The van der Waals surface area contributed by atoms with Crippen molar-refractivity contribution in [1.29, 1.82) is 0 Å². The summed E-state index contributed by atoms with van der Waals surface area (Å²) in [6.07, 6.45) is 1.62. The first-order valence-corrected chi connectivity index (χ1v) is 4.37. The lowest BCUT2D eigenvalue weighted by Crippen LogP contribution is -2.29. The van der Waals surface area contributed by atoms with Crippen LogP contribution in [0.15, 0.2) is 12.3 Å². The molecular weight excluding hydrogens is 166 g/mol. The average Bonchev–Trinajstić information content (AvgIpc) is 2.50. The number of nitrogens with two attached hydrogens (primary N) is 1. The van der Waals surface area contributed by atoms with Crippen LogP contribution in [0.2, 0.25) is 0 Å². The minimum absolute atomic E-state index is 0.0637. The van der Waals surface area contributed by atoms with Crippen molar-refractivity contribution in [3.8, 4) is 0 Å². The van der Waals surface area contributed by atoms with Crippen LogP contribution in [-0.2, 0) is 0 Å². The molecule has 72 valence electrons. The van der Waals surface area contributed by atoms with Gasteiger partial charge in [-0.1, -0.05) is 0 Å². The fourth-order valence-corrected chi connectivity index (χ4v) is 1.15. The smallest absolute Gasteiger partial charge is 0.197 e. The Kier molecular flexibility index (Phi) is 2.83. The maximum atomic E-state index is 11.5. The van der Waals surface area contributed by atoms with E-state index in [9.17, 15) is 4.79 Å². The number of hydrogen-bond donors (Lipinski definition) is 1. The highest BCUT2D eigenvalue weighted by molar-refractivity contribution is 5.98. The summed E-state index contributed by atoms with van der Waals surface area (Å²) < 4.78 is 1.69. The maximum absolute atomic E-state index is 11.5. The minimum Gasteiger partial charge on any atom is -0.321 e. The zero-order chi connectivity index (χ0) is 10.0. The number of ketones is 1. The van der Waals surface area contributed by atoms with Crippen LogP contribution in [0.1, 0.15) is 37.3 Å². The lowest BCUT2D eigenvalue weighted by atomic mass is 10.1. The number of Topliss-reactive ketones (excluding diaryl/α,β-unsaturated/α-hetero) is 1. The van der Waals surface area contributed by atoms with Gasteiger partial charge in [-0.3, -0.25) is 9.48 Å². The summed E-state index contributed by atoms with van der Waals surface area (Å²) in [6.45, 7) is 5.63. The first kappa shape index (κ1) is 9.92. The van der Waals surface area contributed by atoms with Crippen LogP contribution < -0.4 is 5.73 Å². The molecule has 0 radical (unpaired) electrons. The van der Waals surface area contributed by atoms with Gasteiger partial charge in [0, 0.05) is 12.2 Å². The van der Waals surface area contributed by atoms with Crippen molar-refractivity contribution in [3.05, 3.63) is 18.0 Å². The number of nitrogens with zero attached hydrogens (tertiary/aromatic N) is 2. The van der Waals surface area contributed by atoms with E-state index in [4.69, 9.17) is 5.73 Å². The Labute approximate surface area is 77.7 Å². The zero-order valence-electron chi connectivity index (χ0n) is 8.19. The fraction of sp³-hybridized carbons (Fsp3) is 0.556. The molecule has 2 N–H and O–H groups in total. The summed E-state index contributed by atoms with van der Waals surface area (Å²) in [4.78, 5) is 11.5. The van der Waals surface area contributed by atoms with Crippen LogP contribution in [0.4, 0.5) is 0 Å². The molecule has 1 aromatic heterocycles. The van der Waals surface area contributed by atoms with Crippen molar-refractivity contribution in [2.24, 2.45) is 5.73 Å². The van der Waals surface area contributed by atoms with Crippen LogP contribution in [0.5, 0.6) is 0 Å². The number of aromatic nitrogens is 2. The van der Waals surface area contributed by atoms with Crippen LogP contribution in [0.3, 0.4) is 0 Å². The number of carbonyl (C=O) groups is 1. The van der Waals surface area contributed by atoms with Gasteiger partial charge in [-0.15, -0.1) is 0 Å². The van der Waals surface area contributed by atoms with Crippen LogP contribution in [0.25, 0.3) is 0 Å². The lowest BCUT2D eigenvalue weighted by Gasteiger charge is -2.11. The van der Waals surface area contributed by atoms with Crippen LogP contribution in [0, 0.1) is 0 Å². The third-order valence-corrected chi connectivity index (χ3v) is 1.83. The molecule has 0 spiro atoms. The van der Waals surface area contributed by atoms with Gasteiger partial charge >= 0.3 is 0 Å². The molecule has 1 heterocycles. The molecule has 0 aliphatic carbocycles. The summed E-state index contributed by atoms with van der Waals surface area (Å²) in [6, 6.07) is 1.42. The number of hydrogen-bond acceptors (Lipinski definition) is 3. The molecule has 0 fully saturated rings. The maximum Gasteiger partial charge on any atom is 0.197 e. The Morgan fingerprint density at radius 1 is 1.54 bits per heavy atom. The SMILES string of the molecule is CC(N)C(=O)c1ccnn1C(C)C. The second kappa shape index (κ2) is 3.70. The molecule has 0 saturated carbocycles. The van der Waals surface area contributed by atoms with Gasteiger partial charge in [0.15, 0.2) is 5.78 Å². The largest absolute Gasteiger partial charge is 0.321 e. The third-order valence-electron chi connectivity index (χ3n) is 1.83. The van der Waals surface area contributed by atoms with E-state index >= 15 is 0 Å². The Balaban J connectivity index is 3.01. The van der Waals surface area contributed by atoms with Crippen molar-refractivity contribution >= 4 is 5.78 Å². The van der Waals surface area contributed by atoms with Crippen molar-refractivity contribution in [2.45, 2.75) is 32.9 Å². The predicted molar refractivity (Wildman–Crippen MR) is 50.6 cm³/mol. The molecule has 0 aliphatic rings. The second-order valence-corrected chi connectivity index (χ2v) is 3.41. The molecule has 1 unspecified atom stereocenters. The predicted octanol–water partition coefficient (Wildman–Crippen LogP) is 0.994. The summed E-state index contributed by atoms with van der Waals surface area (Å²) >= 11 is 0. The van der Waals surface area contributed by atoms with Crippen LogP contribution >= 0.6 is 0 Å². The molecule has 4 heteroatoms. The van der Waals surface area contributed by atoms with Gasteiger partial charge in [-0.2, -0.15) is 5.10 Å². The Morgan fingerprint density at radius 3 is 2.62 bits per heavy atom. The Hall–Kier alpha value is -1.16. The molecule has 13 heavy (non-hydrogen) atoms. The third kappa shape index (κ3) is 1.95. The summed E-state index contributed by atoms with van der Waals surface area (Å²) in [5.74, 6) is -0.0637. The van der Waals surface area contributed by atoms with E-state index in [1.165, 1.54) is 0 Å². The molecule has 0 aromatic carbocycles. The van der Waals surface area contributed by atoms with E-state index in [-0.39, 0.29) is 11.8 Å². The minimum atomic E-state index is -0.464. The van der Waals surface area contributed by atoms with E-state index < -0.39 is 6.04 Å². The van der Waals surface area contributed by atoms with Crippen molar-refractivity contribution in [3.63, 3.8) is 0 Å². The van der Waals surface area contributed by atoms with Gasteiger partial charge in [-0.05, 0) is 26.8 Å². The van der Waals surface area contributed by atoms with Gasteiger partial charge in [0.25, 0.3) is 0 Å². The fourth-order valence-electron chi connectivity index (χ4n) is 1.15. The molecule has 1 atom stereocenters. The van der Waals surface area contributed by atoms with Crippen molar-refractivity contribution in [1.82, 2.24) is 9.78 Å². The molecular formula is C9H15N3O. The first-order valence-electron chi connectivity index (χ1n) is 4.37. The van der Waals surface area contributed by atoms with Gasteiger partial charge in [0.05, 0.1) is 6.04 Å². The van der Waals surface area contributed by atoms with Gasteiger partial charge in [0.2, 0.25) is 0 Å². The highest BCUT2D eigenvalue weighted by atomic mass is 16.1. The molecule has 4 nitrogen and oxygen atoms in total. The van der Waals surface area contributed by atoms with E-state index in [1.807, 2.05) is 13.8 Å². The molecule has 1 aromatic rings. The van der Waals surface area contributed by atoms with E-state index in [2.05, 4.69) is 5.10 Å². The van der Waals surface area contributed by atoms with E-state index in [0.29, 0.717) is 5.69 Å². The normalized spacial score (nSPS) is 13.3. The van der Waals surface area contributed by atoms with Gasteiger partial charge in [0.1, 0.15) is 5.69 Å². The number of rotatable bonds is 3.